The molecule has 1 aromatic heterocycles. The van der Waals surface area contributed by atoms with E-state index in [4.69, 9.17) is 0 Å². The maximum atomic E-state index is 12.6. The van der Waals surface area contributed by atoms with Crippen molar-refractivity contribution in [2.75, 3.05) is 0 Å². The molecule has 18 heavy (non-hydrogen) atoms. The normalized spacial score (nSPS) is 17.9. The first-order valence-electron chi connectivity index (χ1n) is 5.82. The Morgan fingerprint density at radius 1 is 1.17 bits per heavy atom. The second-order valence-corrected chi connectivity index (χ2v) is 4.50. The minimum atomic E-state index is -4.74. The molecule has 4 nitrogen and oxygen atoms in total. The number of hydrogen-bond donors (Lipinski definition) is 1. The van der Waals surface area contributed by atoms with E-state index in [1.54, 1.807) is 4.98 Å². The highest BCUT2D eigenvalue weighted by molar-refractivity contribution is 5.09. The molecule has 1 heterocycles. The smallest absolute Gasteiger partial charge is 0.297 e. The molecule has 0 spiro atoms. The molecule has 0 bridgehead atoms. The summed E-state index contributed by atoms with van der Waals surface area (Å²) in [7, 11) is 0. The topological polar surface area (TPSA) is 54.9 Å². The summed E-state index contributed by atoms with van der Waals surface area (Å²) in [4.78, 5) is 24.4. The summed E-state index contributed by atoms with van der Waals surface area (Å²) in [5.74, 6) is 0. The maximum absolute atomic E-state index is 12.6. The third kappa shape index (κ3) is 2.49. The van der Waals surface area contributed by atoms with E-state index in [0.717, 1.165) is 23.8 Å². The number of rotatable bonds is 1. The molecule has 100 valence electrons. The van der Waals surface area contributed by atoms with Crippen molar-refractivity contribution in [2.24, 2.45) is 0 Å². The van der Waals surface area contributed by atoms with Gasteiger partial charge < -0.3 is 0 Å². The van der Waals surface area contributed by atoms with Crippen LogP contribution < -0.4 is 11.2 Å². The predicted octanol–water partition coefficient (Wildman–Crippen LogP) is 2.06. The van der Waals surface area contributed by atoms with Crippen LogP contribution in [0.5, 0.6) is 0 Å². The van der Waals surface area contributed by atoms with Crippen LogP contribution in [0, 0.1) is 0 Å². The van der Waals surface area contributed by atoms with Gasteiger partial charge in [0.2, 0.25) is 0 Å². The van der Waals surface area contributed by atoms with Gasteiger partial charge in [0, 0.05) is 12.2 Å². The molecule has 1 saturated carbocycles. The molecule has 2 rings (SSSR count). The average Bonchev–Trinajstić information content (AvgIpc) is 2.28. The Hall–Kier alpha value is -1.53. The van der Waals surface area contributed by atoms with Crippen molar-refractivity contribution in [1.29, 1.82) is 0 Å². The molecule has 0 aliphatic heterocycles. The average molecular weight is 262 g/mol. The van der Waals surface area contributed by atoms with E-state index in [9.17, 15) is 22.8 Å². The van der Waals surface area contributed by atoms with Gasteiger partial charge in [-0.2, -0.15) is 13.2 Å². The third-order valence-corrected chi connectivity index (χ3v) is 3.24. The highest BCUT2D eigenvalue weighted by Gasteiger charge is 2.35. The van der Waals surface area contributed by atoms with E-state index in [1.807, 2.05) is 0 Å². The van der Waals surface area contributed by atoms with Crippen molar-refractivity contribution >= 4 is 0 Å². The van der Waals surface area contributed by atoms with Crippen LogP contribution >= 0.6 is 0 Å². The largest absolute Gasteiger partial charge is 0.423 e. The second-order valence-electron chi connectivity index (χ2n) is 4.50. The summed E-state index contributed by atoms with van der Waals surface area (Å²) in [5, 5.41) is 0. The Balaban J connectivity index is 2.47. The zero-order chi connectivity index (χ0) is 13.3. The molecule has 7 heteroatoms. The molecular formula is C11H13F3N2O2. The van der Waals surface area contributed by atoms with Gasteiger partial charge in [0.25, 0.3) is 5.56 Å². The molecule has 1 fully saturated rings. The van der Waals surface area contributed by atoms with Crippen LogP contribution in [0.25, 0.3) is 0 Å². The van der Waals surface area contributed by atoms with Gasteiger partial charge in [-0.1, -0.05) is 19.3 Å². The summed E-state index contributed by atoms with van der Waals surface area (Å²) < 4.78 is 38.8. The van der Waals surface area contributed by atoms with E-state index in [0.29, 0.717) is 19.0 Å². The molecule has 0 unspecified atom stereocenters. The molecule has 0 atom stereocenters. The summed E-state index contributed by atoms with van der Waals surface area (Å²) in [5.41, 5.74) is -3.45. The van der Waals surface area contributed by atoms with Gasteiger partial charge >= 0.3 is 11.9 Å². The molecule has 1 aromatic rings. The number of aromatic amines is 1. The minimum absolute atomic E-state index is 0.246. The van der Waals surface area contributed by atoms with Crippen molar-refractivity contribution in [3.63, 3.8) is 0 Å². The number of hydrogen-bond acceptors (Lipinski definition) is 2. The number of H-pyrrole nitrogens is 1. The Kier molecular flexibility index (Phi) is 3.32. The Morgan fingerprint density at radius 2 is 1.78 bits per heavy atom. The summed E-state index contributed by atoms with van der Waals surface area (Å²) in [6, 6.07) is -0.246. The van der Waals surface area contributed by atoms with Gasteiger partial charge in [0.05, 0.1) is 0 Å². The van der Waals surface area contributed by atoms with Crippen LogP contribution in [-0.2, 0) is 6.18 Å². The molecule has 0 saturated heterocycles. The second kappa shape index (κ2) is 4.62. The standard InChI is InChI=1S/C11H13F3N2O2/c12-11(13,14)8-6-16(10(18)15-9(8)17)7-4-2-1-3-5-7/h6-7H,1-5H2,(H,15,17,18). The maximum Gasteiger partial charge on any atom is 0.423 e. The number of alkyl halides is 3. The Labute approximate surface area is 100 Å². The van der Waals surface area contributed by atoms with Crippen LogP contribution in [0.3, 0.4) is 0 Å². The fraction of sp³-hybridized carbons (Fsp3) is 0.636. The van der Waals surface area contributed by atoms with Crippen LogP contribution in [0.1, 0.15) is 43.7 Å². The first-order valence-corrected chi connectivity index (χ1v) is 5.82. The summed E-state index contributed by atoms with van der Waals surface area (Å²) in [6.45, 7) is 0. The van der Waals surface area contributed by atoms with Gasteiger partial charge in [0.1, 0.15) is 5.56 Å². The van der Waals surface area contributed by atoms with E-state index in [2.05, 4.69) is 0 Å². The van der Waals surface area contributed by atoms with E-state index in [-0.39, 0.29) is 6.04 Å². The van der Waals surface area contributed by atoms with Crippen molar-refractivity contribution in [3.05, 3.63) is 32.6 Å². The van der Waals surface area contributed by atoms with Gasteiger partial charge in [0.15, 0.2) is 0 Å². The number of aromatic nitrogens is 2. The van der Waals surface area contributed by atoms with Crippen LogP contribution in [-0.4, -0.2) is 9.55 Å². The van der Waals surface area contributed by atoms with Crippen molar-refractivity contribution in [2.45, 2.75) is 44.3 Å². The summed E-state index contributed by atoms with van der Waals surface area (Å²) >= 11 is 0. The molecule has 1 aliphatic carbocycles. The van der Waals surface area contributed by atoms with E-state index in [1.165, 1.54) is 0 Å². The monoisotopic (exact) mass is 262 g/mol. The fourth-order valence-electron chi connectivity index (χ4n) is 2.32. The number of halogens is 3. The van der Waals surface area contributed by atoms with Gasteiger partial charge in [-0.25, -0.2) is 4.79 Å². The zero-order valence-corrected chi connectivity index (χ0v) is 9.59. The fourth-order valence-corrected chi connectivity index (χ4v) is 2.32. The highest BCUT2D eigenvalue weighted by Crippen LogP contribution is 2.29. The van der Waals surface area contributed by atoms with E-state index < -0.39 is 23.0 Å². The van der Waals surface area contributed by atoms with Gasteiger partial charge in [-0.15, -0.1) is 0 Å². The van der Waals surface area contributed by atoms with Crippen LogP contribution in [0.4, 0.5) is 13.2 Å². The molecule has 1 aliphatic rings. The summed E-state index contributed by atoms with van der Waals surface area (Å²) in [6.07, 6.45) is 0.0528. The lowest BCUT2D eigenvalue weighted by molar-refractivity contribution is -0.139. The van der Waals surface area contributed by atoms with Crippen molar-refractivity contribution in [3.8, 4) is 0 Å². The van der Waals surface area contributed by atoms with Crippen LogP contribution in [0.15, 0.2) is 15.8 Å². The zero-order valence-electron chi connectivity index (χ0n) is 9.59. The third-order valence-electron chi connectivity index (χ3n) is 3.24. The van der Waals surface area contributed by atoms with Crippen LogP contribution in [0.2, 0.25) is 0 Å². The molecule has 1 N–H and O–H groups in total. The molecule has 0 amide bonds. The lowest BCUT2D eigenvalue weighted by atomic mass is 9.95. The highest BCUT2D eigenvalue weighted by atomic mass is 19.4. The quantitative estimate of drug-likeness (QED) is 0.842. The Morgan fingerprint density at radius 3 is 2.33 bits per heavy atom. The molecular weight excluding hydrogens is 249 g/mol. The van der Waals surface area contributed by atoms with E-state index >= 15 is 0 Å². The molecule has 0 aromatic carbocycles. The number of nitrogens with zero attached hydrogens (tertiary/aromatic N) is 1. The SMILES string of the molecule is O=c1[nH]c(=O)n(C2CCCCC2)cc1C(F)(F)F. The number of nitrogens with one attached hydrogen (secondary N) is 1. The first-order chi connectivity index (χ1) is 8.39. The van der Waals surface area contributed by atoms with Gasteiger partial charge in [-0.05, 0) is 12.8 Å². The van der Waals surface area contributed by atoms with Crippen molar-refractivity contribution < 1.29 is 13.2 Å². The Bertz CT molecular complexity index is 538. The lowest BCUT2D eigenvalue weighted by Gasteiger charge is -2.24. The molecule has 0 radical (unpaired) electrons. The minimum Gasteiger partial charge on any atom is -0.297 e. The van der Waals surface area contributed by atoms with Gasteiger partial charge in [-0.3, -0.25) is 14.3 Å². The first kappa shape index (κ1) is 12.9. The van der Waals surface area contributed by atoms with Crippen molar-refractivity contribution in [1.82, 2.24) is 9.55 Å². The lowest BCUT2D eigenvalue weighted by Crippen LogP contribution is -2.36. The predicted molar refractivity (Wildman–Crippen MR) is 58.4 cm³/mol.